The van der Waals surface area contributed by atoms with Gasteiger partial charge in [0.15, 0.2) is 11.6 Å². The Morgan fingerprint density at radius 1 is 0.400 bits per heavy atom. The summed E-state index contributed by atoms with van der Waals surface area (Å²) in [4.78, 5) is 13.7. The third-order valence-electron chi connectivity index (χ3n) is 6.07. The van der Waals surface area contributed by atoms with Gasteiger partial charge in [-0.2, -0.15) is 9.97 Å². The zero-order valence-corrected chi connectivity index (χ0v) is 19.5. The fraction of sp³-hybridized carbons (Fsp3) is 0. The van der Waals surface area contributed by atoms with Crippen molar-refractivity contribution < 1.29 is 0 Å². The second-order valence-electron chi connectivity index (χ2n) is 8.31. The van der Waals surface area contributed by atoms with E-state index in [2.05, 4.69) is 82.8 Å². The van der Waals surface area contributed by atoms with E-state index in [9.17, 15) is 0 Å². The van der Waals surface area contributed by atoms with Gasteiger partial charge in [0.05, 0.1) is 0 Å². The maximum Gasteiger partial charge on any atom is 0.226 e. The maximum atomic E-state index is 6.39. The van der Waals surface area contributed by atoms with Gasteiger partial charge >= 0.3 is 0 Å². The Bertz CT molecular complexity index is 1650. The van der Waals surface area contributed by atoms with E-state index in [4.69, 9.17) is 16.6 Å². The molecule has 0 unspecified atom stereocenters. The Hall–Kier alpha value is -4.34. The molecule has 35 heavy (non-hydrogen) atoms. The van der Waals surface area contributed by atoms with E-state index in [1.54, 1.807) is 0 Å². The minimum Gasteiger partial charge on any atom is -0.208 e. The highest BCUT2D eigenvalue weighted by molar-refractivity contribution is 6.28. The second kappa shape index (κ2) is 9.13. The molecule has 1 heterocycles. The van der Waals surface area contributed by atoms with Crippen LogP contribution in [0.5, 0.6) is 0 Å². The van der Waals surface area contributed by atoms with E-state index in [1.807, 2.05) is 48.5 Å². The largest absolute Gasteiger partial charge is 0.226 e. The summed E-state index contributed by atoms with van der Waals surface area (Å²) in [6.45, 7) is 0. The molecule has 0 aliphatic heterocycles. The number of rotatable bonds is 4. The SMILES string of the molecule is Clc1nc(-c2ccc3cc(-c4ccccc4)ccc3c2)nc(-c2ccccc2-c2ccccc2)n1. The van der Waals surface area contributed by atoms with Crippen molar-refractivity contribution >= 4 is 22.4 Å². The summed E-state index contributed by atoms with van der Waals surface area (Å²) in [5.74, 6) is 1.11. The molecule has 0 aliphatic carbocycles. The molecule has 0 N–H and O–H groups in total. The van der Waals surface area contributed by atoms with Crippen molar-refractivity contribution in [1.29, 1.82) is 0 Å². The van der Waals surface area contributed by atoms with Crippen molar-refractivity contribution in [1.82, 2.24) is 15.0 Å². The Balaban J connectivity index is 1.42. The molecule has 0 atom stereocenters. The molecule has 166 valence electrons. The van der Waals surface area contributed by atoms with Crippen molar-refractivity contribution in [3.05, 3.63) is 127 Å². The van der Waals surface area contributed by atoms with Gasteiger partial charge in [-0.05, 0) is 56.8 Å². The van der Waals surface area contributed by atoms with E-state index in [0.29, 0.717) is 11.6 Å². The molecule has 3 nitrogen and oxygen atoms in total. The van der Waals surface area contributed by atoms with Gasteiger partial charge in [0.2, 0.25) is 5.28 Å². The predicted molar refractivity (Wildman–Crippen MR) is 144 cm³/mol. The van der Waals surface area contributed by atoms with Crippen molar-refractivity contribution in [2.75, 3.05) is 0 Å². The fourth-order valence-electron chi connectivity index (χ4n) is 4.34. The number of benzene rings is 5. The first-order chi connectivity index (χ1) is 17.2. The summed E-state index contributed by atoms with van der Waals surface area (Å²) in [6.07, 6.45) is 0. The summed E-state index contributed by atoms with van der Waals surface area (Å²) in [5, 5.41) is 2.45. The third-order valence-corrected chi connectivity index (χ3v) is 6.24. The van der Waals surface area contributed by atoms with Gasteiger partial charge in [-0.25, -0.2) is 4.98 Å². The maximum absolute atomic E-state index is 6.39. The van der Waals surface area contributed by atoms with Crippen LogP contribution in [0.4, 0.5) is 0 Å². The number of halogens is 1. The highest BCUT2D eigenvalue weighted by Gasteiger charge is 2.14. The van der Waals surface area contributed by atoms with Crippen LogP contribution in [0.3, 0.4) is 0 Å². The molecular formula is C31H20ClN3. The number of aromatic nitrogens is 3. The Morgan fingerprint density at radius 3 is 1.66 bits per heavy atom. The van der Waals surface area contributed by atoms with E-state index in [0.717, 1.165) is 33.0 Å². The fourth-order valence-corrected chi connectivity index (χ4v) is 4.50. The standard InChI is InChI=1S/C31H20ClN3/c32-31-34-29(33-30(35-31)28-14-8-7-13-27(28)22-11-5-2-6-12-22)26-18-17-24-19-23(15-16-25(24)20-26)21-9-3-1-4-10-21/h1-20H. The average Bonchev–Trinajstić information content (AvgIpc) is 2.93. The molecule has 0 radical (unpaired) electrons. The molecule has 0 spiro atoms. The monoisotopic (exact) mass is 469 g/mol. The van der Waals surface area contributed by atoms with E-state index in [-0.39, 0.29) is 5.28 Å². The summed E-state index contributed by atoms with van der Waals surface area (Å²) in [5.41, 5.74) is 6.35. The van der Waals surface area contributed by atoms with Crippen LogP contribution in [-0.4, -0.2) is 15.0 Å². The molecule has 0 aliphatic rings. The highest BCUT2D eigenvalue weighted by atomic mass is 35.5. The lowest BCUT2D eigenvalue weighted by atomic mass is 9.99. The number of hydrogen-bond acceptors (Lipinski definition) is 3. The van der Waals surface area contributed by atoms with Gasteiger partial charge in [0.25, 0.3) is 0 Å². The molecule has 0 saturated heterocycles. The molecule has 4 heteroatoms. The lowest BCUT2D eigenvalue weighted by Gasteiger charge is -2.11. The predicted octanol–water partition coefficient (Wildman–Crippen LogP) is 8.35. The number of fused-ring (bicyclic) bond motifs is 1. The summed E-state index contributed by atoms with van der Waals surface area (Å²) in [7, 11) is 0. The van der Waals surface area contributed by atoms with Crippen molar-refractivity contribution in [3.63, 3.8) is 0 Å². The molecule has 0 saturated carbocycles. The van der Waals surface area contributed by atoms with Crippen LogP contribution in [0, 0.1) is 0 Å². The molecule has 6 aromatic rings. The first kappa shape index (κ1) is 21.2. The average molecular weight is 470 g/mol. The topological polar surface area (TPSA) is 38.7 Å². The van der Waals surface area contributed by atoms with Gasteiger partial charge < -0.3 is 0 Å². The quantitative estimate of drug-likeness (QED) is 0.260. The molecule has 0 amide bonds. The minimum atomic E-state index is 0.174. The number of hydrogen-bond donors (Lipinski definition) is 0. The van der Waals surface area contributed by atoms with Crippen molar-refractivity contribution in [2.45, 2.75) is 0 Å². The Labute approximate surface area is 208 Å². The highest BCUT2D eigenvalue weighted by Crippen LogP contribution is 2.32. The molecular weight excluding hydrogens is 450 g/mol. The zero-order chi connectivity index (χ0) is 23.6. The van der Waals surface area contributed by atoms with E-state index >= 15 is 0 Å². The van der Waals surface area contributed by atoms with Crippen LogP contribution in [0.1, 0.15) is 0 Å². The van der Waals surface area contributed by atoms with Gasteiger partial charge in [-0.3, -0.25) is 0 Å². The minimum absolute atomic E-state index is 0.174. The van der Waals surface area contributed by atoms with Crippen LogP contribution >= 0.6 is 11.6 Å². The summed E-state index contributed by atoms with van der Waals surface area (Å²) in [6, 6.07) is 41.4. The van der Waals surface area contributed by atoms with Crippen molar-refractivity contribution in [3.8, 4) is 45.0 Å². The van der Waals surface area contributed by atoms with Gasteiger partial charge in [-0.1, -0.05) is 109 Å². The number of nitrogens with zero attached hydrogens (tertiary/aromatic N) is 3. The van der Waals surface area contributed by atoms with E-state index < -0.39 is 0 Å². The third kappa shape index (κ3) is 4.30. The van der Waals surface area contributed by atoms with Crippen LogP contribution in [0.25, 0.3) is 55.8 Å². The smallest absolute Gasteiger partial charge is 0.208 e. The second-order valence-corrected chi connectivity index (χ2v) is 8.64. The lowest BCUT2D eigenvalue weighted by Crippen LogP contribution is -1.98. The van der Waals surface area contributed by atoms with Crippen LogP contribution in [0.15, 0.2) is 121 Å². The molecule has 0 bridgehead atoms. The normalized spacial score (nSPS) is 11.0. The molecule has 1 aromatic heterocycles. The zero-order valence-electron chi connectivity index (χ0n) is 18.8. The van der Waals surface area contributed by atoms with Crippen molar-refractivity contribution in [2.24, 2.45) is 0 Å². The molecule has 0 fully saturated rings. The lowest BCUT2D eigenvalue weighted by molar-refractivity contribution is 1.07. The van der Waals surface area contributed by atoms with Crippen LogP contribution in [0.2, 0.25) is 5.28 Å². The Morgan fingerprint density at radius 2 is 0.943 bits per heavy atom. The molecule has 6 rings (SSSR count). The Kier molecular flexibility index (Phi) is 5.53. The molecule has 5 aromatic carbocycles. The van der Waals surface area contributed by atoms with Gasteiger partial charge in [0, 0.05) is 11.1 Å². The van der Waals surface area contributed by atoms with Crippen LogP contribution < -0.4 is 0 Å². The summed E-state index contributed by atoms with van der Waals surface area (Å²) >= 11 is 6.39. The summed E-state index contributed by atoms with van der Waals surface area (Å²) < 4.78 is 0. The first-order valence-corrected chi connectivity index (χ1v) is 11.8. The van der Waals surface area contributed by atoms with Crippen LogP contribution in [-0.2, 0) is 0 Å². The van der Waals surface area contributed by atoms with E-state index in [1.165, 1.54) is 11.1 Å². The van der Waals surface area contributed by atoms with Gasteiger partial charge in [0.1, 0.15) is 0 Å². The first-order valence-electron chi connectivity index (χ1n) is 11.4. The van der Waals surface area contributed by atoms with Gasteiger partial charge in [-0.15, -0.1) is 0 Å².